The average molecular weight is 1010 g/mol. The van der Waals surface area contributed by atoms with E-state index < -0.39 is 0 Å². The lowest BCUT2D eigenvalue weighted by molar-refractivity contribution is 1.18. The van der Waals surface area contributed by atoms with Crippen molar-refractivity contribution in [3.8, 4) is 67.0 Å². The molecule has 0 aliphatic heterocycles. The minimum Gasteiger partial charge on any atom is -0.310 e. The largest absolute Gasteiger partial charge is 0.310 e. The number of aromatic nitrogens is 2. The second-order valence-corrected chi connectivity index (χ2v) is 20.5. The normalized spacial score (nSPS) is 11.5. The molecular weight excluding hydrogens is 955 g/mol. The van der Waals surface area contributed by atoms with Gasteiger partial charge < -0.3 is 14.0 Å². The number of hydrogen-bond donors (Lipinski definition) is 0. The van der Waals surface area contributed by atoms with Crippen LogP contribution < -0.4 is 4.90 Å². The van der Waals surface area contributed by atoms with Gasteiger partial charge in [0.25, 0.3) is 0 Å². The van der Waals surface area contributed by atoms with Crippen LogP contribution in [-0.4, -0.2) is 9.13 Å². The van der Waals surface area contributed by atoms with E-state index in [1.54, 1.807) is 0 Å². The van der Waals surface area contributed by atoms with Gasteiger partial charge in [0.15, 0.2) is 0 Å². The van der Waals surface area contributed by atoms with Crippen LogP contribution in [0.4, 0.5) is 17.1 Å². The number of hydrogen-bond acceptors (Lipinski definition) is 1. The van der Waals surface area contributed by atoms with E-state index in [0.29, 0.717) is 0 Å². The number of fused-ring (bicyclic) bond motifs is 7. The predicted octanol–water partition coefficient (Wildman–Crippen LogP) is 20.8. The molecular formula is C76H51N3. The van der Waals surface area contributed by atoms with Gasteiger partial charge in [-0.25, -0.2) is 0 Å². The molecule has 15 aromatic rings. The molecule has 3 nitrogen and oxygen atoms in total. The molecule has 0 amide bonds. The summed E-state index contributed by atoms with van der Waals surface area (Å²) in [4.78, 5) is 2.35. The van der Waals surface area contributed by atoms with E-state index >= 15 is 0 Å². The maximum absolute atomic E-state index is 2.41. The molecule has 0 aliphatic rings. The van der Waals surface area contributed by atoms with Gasteiger partial charge in [0.1, 0.15) is 0 Å². The molecule has 79 heavy (non-hydrogen) atoms. The highest BCUT2D eigenvalue weighted by atomic mass is 15.1. The Morgan fingerprint density at radius 2 is 0.544 bits per heavy atom. The number of nitrogens with zero attached hydrogens (tertiary/aromatic N) is 3. The molecule has 0 saturated heterocycles. The second-order valence-electron chi connectivity index (χ2n) is 20.5. The van der Waals surface area contributed by atoms with Gasteiger partial charge in [0.2, 0.25) is 0 Å². The van der Waals surface area contributed by atoms with Crippen LogP contribution >= 0.6 is 0 Å². The highest BCUT2D eigenvalue weighted by Crippen LogP contribution is 2.42. The zero-order valence-corrected chi connectivity index (χ0v) is 43.3. The Kier molecular flexibility index (Phi) is 11.2. The van der Waals surface area contributed by atoms with Crippen molar-refractivity contribution in [2.45, 2.75) is 0 Å². The number of rotatable bonds is 10. The second kappa shape index (κ2) is 19.3. The monoisotopic (exact) mass is 1010 g/mol. The summed E-state index contributed by atoms with van der Waals surface area (Å²) >= 11 is 0. The predicted molar refractivity (Wildman–Crippen MR) is 334 cm³/mol. The van der Waals surface area contributed by atoms with Gasteiger partial charge in [-0.05, 0) is 182 Å². The Morgan fingerprint density at radius 1 is 0.190 bits per heavy atom. The molecule has 0 saturated carbocycles. The van der Waals surface area contributed by atoms with E-state index in [1.165, 1.54) is 76.6 Å². The molecule has 0 bridgehead atoms. The van der Waals surface area contributed by atoms with E-state index in [0.717, 1.165) is 61.8 Å². The molecule has 370 valence electrons. The van der Waals surface area contributed by atoms with Gasteiger partial charge in [0, 0.05) is 50.0 Å². The third-order valence-corrected chi connectivity index (χ3v) is 15.9. The first-order valence-electron chi connectivity index (χ1n) is 27.1. The first kappa shape index (κ1) is 45.9. The Balaban J connectivity index is 0.872. The smallest absolute Gasteiger partial charge is 0.0541 e. The van der Waals surface area contributed by atoms with Crippen LogP contribution in [0.2, 0.25) is 0 Å². The molecule has 2 heterocycles. The molecule has 13 aromatic carbocycles. The number of benzene rings is 13. The van der Waals surface area contributed by atoms with Gasteiger partial charge in [-0.2, -0.15) is 0 Å². The Labute approximate surface area is 459 Å². The quantitative estimate of drug-likeness (QED) is 0.133. The fraction of sp³-hybridized carbons (Fsp3) is 0. The summed E-state index contributed by atoms with van der Waals surface area (Å²) in [5, 5.41) is 7.33. The van der Waals surface area contributed by atoms with Crippen LogP contribution in [0.15, 0.2) is 309 Å². The summed E-state index contributed by atoms with van der Waals surface area (Å²) in [7, 11) is 0. The van der Waals surface area contributed by atoms with Crippen LogP contribution in [0.3, 0.4) is 0 Å². The zero-order chi connectivity index (χ0) is 52.2. The first-order valence-corrected chi connectivity index (χ1v) is 27.1. The summed E-state index contributed by atoms with van der Waals surface area (Å²) in [6.45, 7) is 0. The van der Waals surface area contributed by atoms with E-state index in [9.17, 15) is 0 Å². The highest BCUT2D eigenvalue weighted by Gasteiger charge is 2.19. The third-order valence-electron chi connectivity index (χ3n) is 15.9. The van der Waals surface area contributed by atoms with Crippen LogP contribution in [0.5, 0.6) is 0 Å². The van der Waals surface area contributed by atoms with Crippen molar-refractivity contribution in [1.29, 1.82) is 0 Å². The fourth-order valence-electron chi connectivity index (χ4n) is 12.0. The molecule has 0 spiro atoms. The highest BCUT2D eigenvalue weighted by molar-refractivity contribution is 6.12. The molecule has 15 rings (SSSR count). The summed E-state index contributed by atoms with van der Waals surface area (Å²) in [6.07, 6.45) is 0. The lowest BCUT2D eigenvalue weighted by atomic mass is 9.92. The van der Waals surface area contributed by atoms with Crippen molar-refractivity contribution < 1.29 is 0 Å². The Hall–Kier alpha value is -10.5. The molecule has 0 N–H and O–H groups in total. The SMILES string of the molecule is c1ccc(-c2ccc(-n3c4ccccc4c4cc(-c5cc(-c6ccc(N(c7ccccc7)c7ccc8ccccc8c7)cc6)cc(-c6ccc7c(c6)c6ccccc6n7-c6ccc(-c7ccccc7)cc6)c5)ccc43)cc2)cc1. The van der Waals surface area contributed by atoms with Gasteiger partial charge >= 0.3 is 0 Å². The van der Waals surface area contributed by atoms with E-state index in [-0.39, 0.29) is 0 Å². The van der Waals surface area contributed by atoms with Crippen molar-refractivity contribution in [3.63, 3.8) is 0 Å². The standard InChI is InChI=1S/C76H51N3/c1-4-16-52(17-5-1)55-28-39-66(40-29-55)78-73-26-14-12-24-69(73)71-50-59(35-44-75(71)78)62-46-61(57-32-37-65(38-33-57)77(64-22-8-3-9-23-64)68-43-34-54-20-10-11-21-58(54)49-68)47-63(48-62)60-36-45-76-72(51-60)70-25-13-15-27-74(70)79(76)67-41-30-56(31-42-67)53-18-6-2-7-19-53/h1-51H. The maximum atomic E-state index is 2.41. The topological polar surface area (TPSA) is 13.1 Å². The third kappa shape index (κ3) is 8.24. The summed E-state index contributed by atoms with van der Waals surface area (Å²) in [5.74, 6) is 0. The Morgan fingerprint density at radius 3 is 1.06 bits per heavy atom. The van der Waals surface area contributed by atoms with Crippen LogP contribution in [-0.2, 0) is 0 Å². The summed E-state index contributed by atoms with van der Waals surface area (Å²) < 4.78 is 4.82. The van der Waals surface area contributed by atoms with Crippen molar-refractivity contribution >= 4 is 71.4 Å². The van der Waals surface area contributed by atoms with Crippen LogP contribution in [0, 0.1) is 0 Å². The summed E-state index contributed by atoms with van der Waals surface area (Å²) in [6, 6.07) is 113. The lowest BCUT2D eigenvalue weighted by Gasteiger charge is -2.26. The van der Waals surface area contributed by atoms with Crippen molar-refractivity contribution in [2.24, 2.45) is 0 Å². The van der Waals surface area contributed by atoms with E-state index in [4.69, 9.17) is 0 Å². The number of para-hydroxylation sites is 3. The molecule has 3 heteroatoms. The maximum Gasteiger partial charge on any atom is 0.0541 e. The molecule has 0 aliphatic carbocycles. The number of anilines is 3. The van der Waals surface area contributed by atoms with Gasteiger partial charge in [-0.1, -0.05) is 194 Å². The lowest BCUT2D eigenvalue weighted by Crippen LogP contribution is -2.09. The minimum atomic E-state index is 1.09. The molecule has 0 fully saturated rings. The minimum absolute atomic E-state index is 1.09. The molecule has 0 unspecified atom stereocenters. The van der Waals surface area contributed by atoms with Crippen LogP contribution in [0.1, 0.15) is 0 Å². The molecule has 0 radical (unpaired) electrons. The van der Waals surface area contributed by atoms with E-state index in [1.807, 2.05) is 0 Å². The Bertz CT molecular complexity index is 4510. The molecule has 2 aromatic heterocycles. The van der Waals surface area contributed by atoms with Gasteiger partial charge in [-0.3, -0.25) is 0 Å². The van der Waals surface area contributed by atoms with Crippen LogP contribution in [0.25, 0.3) is 121 Å². The van der Waals surface area contributed by atoms with Crippen molar-refractivity contribution in [1.82, 2.24) is 9.13 Å². The van der Waals surface area contributed by atoms with Gasteiger partial charge in [0.05, 0.1) is 22.1 Å². The van der Waals surface area contributed by atoms with Crippen molar-refractivity contribution in [3.05, 3.63) is 309 Å². The molecule has 0 atom stereocenters. The van der Waals surface area contributed by atoms with Gasteiger partial charge in [-0.15, -0.1) is 0 Å². The fourth-order valence-corrected chi connectivity index (χ4v) is 12.0. The average Bonchev–Trinajstić information content (AvgIpc) is 4.29. The zero-order valence-electron chi connectivity index (χ0n) is 43.3. The summed E-state index contributed by atoms with van der Waals surface area (Å²) in [5.41, 5.74) is 22.1. The van der Waals surface area contributed by atoms with E-state index in [2.05, 4.69) is 323 Å². The first-order chi connectivity index (χ1) is 39.1. The van der Waals surface area contributed by atoms with Crippen molar-refractivity contribution in [2.75, 3.05) is 4.90 Å².